The number of nitrogens with two attached hydrogens (primary N) is 1. The number of halogens is 1. The molecule has 1 aromatic carbocycles. The Morgan fingerprint density at radius 2 is 1.39 bits per heavy atom. The number of hydrogen-bond donors (Lipinski definition) is 1. The van der Waals surface area contributed by atoms with Crippen LogP contribution in [0, 0.1) is 0 Å². The van der Waals surface area contributed by atoms with Gasteiger partial charge in [0.15, 0.2) is 0 Å². The van der Waals surface area contributed by atoms with Crippen molar-refractivity contribution in [1.82, 2.24) is 0 Å². The number of rotatable bonds is 2. The van der Waals surface area contributed by atoms with Gasteiger partial charge in [-0.15, -0.1) is 0 Å². The van der Waals surface area contributed by atoms with Crippen LogP contribution >= 0.6 is 15.9 Å². The molecule has 0 atom stereocenters. The van der Waals surface area contributed by atoms with Gasteiger partial charge in [-0.2, -0.15) is 0 Å². The molecule has 0 aromatic heterocycles. The van der Waals surface area contributed by atoms with Crippen LogP contribution in [0.25, 0.3) is 0 Å². The maximum atomic E-state index is 6.17. The molecule has 0 saturated heterocycles. The maximum Gasteiger partial charge on any atom is 0.0175 e. The first-order valence-electron chi connectivity index (χ1n) is 7.23. The zero-order valence-corrected chi connectivity index (χ0v) is 12.7. The molecule has 0 unspecified atom stereocenters. The predicted octanol–water partition coefficient (Wildman–Crippen LogP) is 4.78. The highest BCUT2D eigenvalue weighted by Crippen LogP contribution is 2.36. The number of benzene rings is 1. The monoisotopic (exact) mass is 309 g/mol. The third kappa shape index (κ3) is 3.36. The van der Waals surface area contributed by atoms with Crippen molar-refractivity contribution in [3.63, 3.8) is 0 Å². The second kappa shape index (κ2) is 6.72. The lowest BCUT2D eigenvalue weighted by Crippen LogP contribution is -2.35. The second-order valence-electron chi connectivity index (χ2n) is 5.61. The van der Waals surface area contributed by atoms with Crippen molar-refractivity contribution in [3.05, 3.63) is 34.3 Å². The SMILES string of the molecule is NCC1(c2ccc(Br)cc2)CCCCCCCC1. The Bertz CT molecular complexity index is 348. The lowest BCUT2D eigenvalue weighted by atomic mass is 9.73. The summed E-state index contributed by atoms with van der Waals surface area (Å²) in [4.78, 5) is 0. The lowest BCUT2D eigenvalue weighted by Gasteiger charge is -2.33. The van der Waals surface area contributed by atoms with Gasteiger partial charge in [-0.1, -0.05) is 66.6 Å². The summed E-state index contributed by atoms with van der Waals surface area (Å²) in [5.41, 5.74) is 7.84. The maximum absolute atomic E-state index is 6.17. The van der Waals surface area contributed by atoms with E-state index in [1.54, 1.807) is 0 Å². The molecule has 0 spiro atoms. The van der Waals surface area contributed by atoms with E-state index in [1.807, 2.05) is 0 Å². The molecule has 0 aliphatic heterocycles. The second-order valence-corrected chi connectivity index (χ2v) is 6.53. The summed E-state index contributed by atoms with van der Waals surface area (Å²) >= 11 is 3.52. The van der Waals surface area contributed by atoms with Crippen LogP contribution in [0.5, 0.6) is 0 Å². The summed E-state index contributed by atoms with van der Waals surface area (Å²) in [7, 11) is 0. The fourth-order valence-electron chi connectivity index (χ4n) is 3.17. The van der Waals surface area contributed by atoms with Gasteiger partial charge in [-0.3, -0.25) is 0 Å². The molecule has 0 amide bonds. The van der Waals surface area contributed by atoms with E-state index in [4.69, 9.17) is 5.73 Å². The molecule has 100 valence electrons. The highest BCUT2D eigenvalue weighted by molar-refractivity contribution is 9.10. The summed E-state index contributed by atoms with van der Waals surface area (Å²) in [6.07, 6.45) is 10.7. The quantitative estimate of drug-likeness (QED) is 0.836. The van der Waals surface area contributed by atoms with Crippen LogP contribution in [0.4, 0.5) is 0 Å². The Hall–Kier alpha value is -0.340. The van der Waals surface area contributed by atoms with Crippen LogP contribution < -0.4 is 5.73 Å². The Labute approximate surface area is 119 Å². The van der Waals surface area contributed by atoms with E-state index in [9.17, 15) is 0 Å². The van der Waals surface area contributed by atoms with E-state index in [-0.39, 0.29) is 5.41 Å². The van der Waals surface area contributed by atoms with Gasteiger partial charge in [0.2, 0.25) is 0 Å². The third-order valence-corrected chi connectivity index (χ3v) is 4.94. The van der Waals surface area contributed by atoms with Crippen molar-refractivity contribution in [3.8, 4) is 0 Å². The minimum atomic E-state index is 0.227. The molecule has 2 rings (SSSR count). The molecule has 18 heavy (non-hydrogen) atoms. The van der Waals surface area contributed by atoms with Crippen LogP contribution in [0.3, 0.4) is 0 Å². The molecule has 1 fully saturated rings. The van der Waals surface area contributed by atoms with Crippen molar-refractivity contribution < 1.29 is 0 Å². The van der Waals surface area contributed by atoms with Gasteiger partial charge in [0.25, 0.3) is 0 Å². The molecule has 1 nitrogen and oxygen atoms in total. The van der Waals surface area contributed by atoms with E-state index in [1.165, 1.54) is 56.9 Å². The molecule has 1 aliphatic carbocycles. The Morgan fingerprint density at radius 1 is 0.889 bits per heavy atom. The van der Waals surface area contributed by atoms with Crippen molar-refractivity contribution in [2.75, 3.05) is 6.54 Å². The van der Waals surface area contributed by atoms with Crippen LogP contribution in [0.15, 0.2) is 28.7 Å². The summed E-state index contributed by atoms with van der Waals surface area (Å²) in [6, 6.07) is 8.82. The first-order chi connectivity index (χ1) is 8.77. The Morgan fingerprint density at radius 3 is 1.89 bits per heavy atom. The molecular weight excluding hydrogens is 286 g/mol. The summed E-state index contributed by atoms with van der Waals surface area (Å²) < 4.78 is 1.15. The minimum Gasteiger partial charge on any atom is -0.330 e. The average molecular weight is 310 g/mol. The van der Waals surface area contributed by atoms with Gasteiger partial charge >= 0.3 is 0 Å². The van der Waals surface area contributed by atoms with Crippen molar-refractivity contribution in [2.24, 2.45) is 5.73 Å². The van der Waals surface area contributed by atoms with Crippen molar-refractivity contribution in [1.29, 1.82) is 0 Å². The van der Waals surface area contributed by atoms with Crippen molar-refractivity contribution in [2.45, 2.75) is 56.8 Å². The van der Waals surface area contributed by atoms with E-state index < -0.39 is 0 Å². The summed E-state index contributed by atoms with van der Waals surface area (Å²) in [5.74, 6) is 0. The topological polar surface area (TPSA) is 26.0 Å². The van der Waals surface area contributed by atoms with Crippen molar-refractivity contribution >= 4 is 15.9 Å². The van der Waals surface area contributed by atoms with E-state index in [2.05, 4.69) is 40.2 Å². The largest absolute Gasteiger partial charge is 0.330 e. The van der Waals surface area contributed by atoms with Crippen LogP contribution in [-0.2, 0) is 5.41 Å². The fraction of sp³-hybridized carbons (Fsp3) is 0.625. The van der Waals surface area contributed by atoms with Crippen LogP contribution in [0.1, 0.15) is 56.9 Å². The van der Waals surface area contributed by atoms with Crippen LogP contribution in [-0.4, -0.2) is 6.54 Å². The van der Waals surface area contributed by atoms with E-state index >= 15 is 0 Å². The van der Waals surface area contributed by atoms with Gasteiger partial charge in [0.1, 0.15) is 0 Å². The standard InChI is InChI=1S/C16H24BrN/c17-15-9-7-14(8-10-15)16(13-18)11-5-3-1-2-4-6-12-16/h7-10H,1-6,11-13,18H2. The molecule has 1 saturated carbocycles. The first-order valence-corrected chi connectivity index (χ1v) is 8.02. The van der Waals surface area contributed by atoms with E-state index in [0.717, 1.165) is 11.0 Å². The lowest BCUT2D eigenvalue weighted by molar-refractivity contribution is 0.356. The highest BCUT2D eigenvalue weighted by atomic mass is 79.9. The zero-order chi connectivity index (χ0) is 12.8. The molecule has 1 aliphatic rings. The Balaban J connectivity index is 2.22. The normalized spacial score (nSPS) is 20.8. The molecule has 2 N–H and O–H groups in total. The molecule has 0 radical (unpaired) electrons. The number of hydrogen-bond acceptors (Lipinski definition) is 1. The predicted molar refractivity (Wildman–Crippen MR) is 81.8 cm³/mol. The molecule has 2 heteroatoms. The summed E-state index contributed by atoms with van der Waals surface area (Å²) in [5, 5.41) is 0. The molecule has 1 aromatic rings. The minimum absolute atomic E-state index is 0.227. The van der Waals surface area contributed by atoms with Crippen LogP contribution in [0.2, 0.25) is 0 Å². The molecular formula is C16H24BrN. The smallest absolute Gasteiger partial charge is 0.0175 e. The average Bonchev–Trinajstić information content (AvgIpc) is 2.52. The highest BCUT2D eigenvalue weighted by Gasteiger charge is 2.30. The van der Waals surface area contributed by atoms with Gasteiger partial charge in [-0.25, -0.2) is 0 Å². The molecule has 0 heterocycles. The first kappa shape index (κ1) is 14.1. The summed E-state index contributed by atoms with van der Waals surface area (Å²) in [6.45, 7) is 0.786. The fourth-order valence-corrected chi connectivity index (χ4v) is 3.44. The third-order valence-electron chi connectivity index (χ3n) is 4.41. The van der Waals surface area contributed by atoms with Gasteiger partial charge in [0, 0.05) is 16.4 Å². The van der Waals surface area contributed by atoms with Gasteiger partial charge in [0.05, 0.1) is 0 Å². The van der Waals surface area contributed by atoms with Gasteiger partial charge in [-0.05, 0) is 30.5 Å². The van der Waals surface area contributed by atoms with Gasteiger partial charge < -0.3 is 5.73 Å². The van der Waals surface area contributed by atoms with E-state index in [0.29, 0.717) is 0 Å². The zero-order valence-electron chi connectivity index (χ0n) is 11.1. The Kier molecular flexibility index (Phi) is 5.25. The molecule has 0 bridgehead atoms.